The van der Waals surface area contributed by atoms with Crippen molar-refractivity contribution in [3.05, 3.63) is 65.4 Å². The molecule has 0 bridgehead atoms. The van der Waals surface area contributed by atoms with E-state index < -0.39 is 0 Å². The molecule has 0 saturated heterocycles. The van der Waals surface area contributed by atoms with Gasteiger partial charge in [-0.25, -0.2) is 0 Å². The summed E-state index contributed by atoms with van der Waals surface area (Å²) in [6.45, 7) is 1.99. The van der Waals surface area contributed by atoms with Crippen LogP contribution in [0.25, 0.3) is 5.69 Å². The molecule has 3 aromatic rings. The van der Waals surface area contributed by atoms with Gasteiger partial charge in [-0.3, -0.25) is 9.36 Å². The number of aromatic nitrogens is 3. The first kappa shape index (κ1) is 20.2. The third kappa shape index (κ3) is 4.66. The van der Waals surface area contributed by atoms with Crippen molar-refractivity contribution in [1.29, 1.82) is 0 Å². The Hall–Kier alpha value is -2.51. The summed E-state index contributed by atoms with van der Waals surface area (Å²) in [7, 11) is 3.43. The highest BCUT2D eigenvalue weighted by molar-refractivity contribution is 7.99. The van der Waals surface area contributed by atoms with Gasteiger partial charge in [0, 0.05) is 17.8 Å². The maximum atomic E-state index is 12.7. The predicted molar refractivity (Wildman–Crippen MR) is 111 cm³/mol. The van der Waals surface area contributed by atoms with Crippen LogP contribution in [0.4, 0.5) is 0 Å². The molecule has 0 fully saturated rings. The fraction of sp³-hybridized carbons (Fsp3) is 0.250. The second-order valence-corrected chi connectivity index (χ2v) is 7.58. The normalized spacial score (nSPS) is 11.9. The highest BCUT2D eigenvalue weighted by atomic mass is 35.5. The number of methoxy groups -OCH3 is 1. The van der Waals surface area contributed by atoms with E-state index in [1.165, 1.54) is 11.8 Å². The van der Waals surface area contributed by atoms with E-state index in [-0.39, 0.29) is 17.7 Å². The summed E-state index contributed by atoms with van der Waals surface area (Å²) in [5.74, 6) is 1.05. The van der Waals surface area contributed by atoms with Gasteiger partial charge >= 0.3 is 0 Å². The Morgan fingerprint density at radius 3 is 2.54 bits per heavy atom. The number of ether oxygens (including phenoxy) is 1. The average molecular weight is 417 g/mol. The molecule has 0 aliphatic heterocycles. The van der Waals surface area contributed by atoms with Gasteiger partial charge < -0.3 is 9.64 Å². The van der Waals surface area contributed by atoms with Crippen LogP contribution >= 0.6 is 23.4 Å². The maximum Gasteiger partial charge on any atom is 0.233 e. The molecular weight excluding hydrogens is 396 g/mol. The minimum absolute atomic E-state index is 0.0109. The summed E-state index contributed by atoms with van der Waals surface area (Å²) >= 11 is 7.30. The van der Waals surface area contributed by atoms with E-state index in [1.54, 1.807) is 25.4 Å². The minimum atomic E-state index is -0.0511. The SMILES string of the molecule is COc1ccc(-n2cnnc2SCC(=O)N(C)[C@@H](C)c2ccc(Cl)cc2)cc1. The highest BCUT2D eigenvalue weighted by Crippen LogP contribution is 2.24. The van der Waals surface area contributed by atoms with Crippen LogP contribution in [0.5, 0.6) is 5.75 Å². The number of hydrogen-bond donors (Lipinski definition) is 0. The second-order valence-electron chi connectivity index (χ2n) is 6.20. The number of thioether (sulfide) groups is 1. The first-order valence-corrected chi connectivity index (χ1v) is 10.0. The fourth-order valence-corrected chi connectivity index (χ4v) is 3.63. The van der Waals surface area contributed by atoms with Crippen molar-refractivity contribution >= 4 is 29.3 Å². The van der Waals surface area contributed by atoms with E-state index in [9.17, 15) is 4.79 Å². The lowest BCUT2D eigenvalue weighted by atomic mass is 10.1. The van der Waals surface area contributed by atoms with Gasteiger partial charge in [0.2, 0.25) is 5.91 Å². The van der Waals surface area contributed by atoms with E-state index in [1.807, 2.05) is 60.0 Å². The molecule has 3 rings (SSSR count). The van der Waals surface area contributed by atoms with Crippen LogP contribution in [0, 0.1) is 0 Å². The van der Waals surface area contributed by atoms with Crippen LogP contribution in [-0.4, -0.2) is 45.5 Å². The van der Waals surface area contributed by atoms with Gasteiger partial charge in [-0.1, -0.05) is 35.5 Å². The van der Waals surface area contributed by atoms with Crippen LogP contribution in [-0.2, 0) is 4.79 Å². The van der Waals surface area contributed by atoms with Crippen molar-refractivity contribution in [3.8, 4) is 11.4 Å². The number of benzene rings is 2. The highest BCUT2D eigenvalue weighted by Gasteiger charge is 2.19. The van der Waals surface area contributed by atoms with Gasteiger partial charge in [-0.2, -0.15) is 0 Å². The minimum Gasteiger partial charge on any atom is -0.497 e. The molecule has 28 heavy (non-hydrogen) atoms. The first-order valence-electron chi connectivity index (χ1n) is 8.68. The molecule has 0 aliphatic carbocycles. The van der Waals surface area contributed by atoms with Crippen LogP contribution < -0.4 is 4.74 Å². The lowest BCUT2D eigenvalue weighted by Crippen LogP contribution is -2.31. The molecule has 1 aromatic heterocycles. The van der Waals surface area contributed by atoms with E-state index in [0.717, 1.165) is 17.0 Å². The molecular formula is C20H21ClN4O2S. The number of amides is 1. The second kappa shape index (κ2) is 9.12. The molecule has 1 atom stereocenters. The Kier molecular flexibility index (Phi) is 6.59. The summed E-state index contributed by atoms with van der Waals surface area (Å²) in [4.78, 5) is 14.4. The van der Waals surface area contributed by atoms with Crippen LogP contribution in [0.15, 0.2) is 60.0 Å². The Labute approximate surface area is 173 Å². The van der Waals surface area contributed by atoms with Gasteiger partial charge in [-0.05, 0) is 48.9 Å². The Bertz CT molecular complexity index is 928. The van der Waals surface area contributed by atoms with Gasteiger partial charge in [-0.15, -0.1) is 10.2 Å². The van der Waals surface area contributed by atoms with E-state index >= 15 is 0 Å². The lowest BCUT2D eigenvalue weighted by Gasteiger charge is -2.25. The molecule has 1 amide bonds. The Balaban J connectivity index is 1.64. The molecule has 6 nitrogen and oxygen atoms in total. The third-order valence-corrected chi connectivity index (χ3v) is 5.70. The molecule has 2 aromatic carbocycles. The zero-order valence-electron chi connectivity index (χ0n) is 15.9. The molecule has 0 unspecified atom stereocenters. The predicted octanol–water partition coefficient (Wildman–Crippen LogP) is 4.24. The first-order chi connectivity index (χ1) is 13.5. The van der Waals surface area contributed by atoms with Gasteiger partial charge in [0.15, 0.2) is 5.16 Å². The van der Waals surface area contributed by atoms with Crippen molar-refractivity contribution in [2.45, 2.75) is 18.1 Å². The smallest absolute Gasteiger partial charge is 0.233 e. The van der Waals surface area contributed by atoms with E-state index in [2.05, 4.69) is 10.2 Å². The maximum absolute atomic E-state index is 12.7. The fourth-order valence-electron chi connectivity index (χ4n) is 2.65. The largest absolute Gasteiger partial charge is 0.497 e. The van der Waals surface area contributed by atoms with Crippen molar-refractivity contribution in [2.75, 3.05) is 19.9 Å². The summed E-state index contributed by atoms with van der Waals surface area (Å²) in [6.07, 6.45) is 1.63. The summed E-state index contributed by atoms with van der Waals surface area (Å²) in [6, 6.07) is 15.1. The van der Waals surface area contributed by atoms with Crippen molar-refractivity contribution in [2.24, 2.45) is 0 Å². The Morgan fingerprint density at radius 1 is 1.21 bits per heavy atom. The van der Waals surface area contributed by atoms with Crippen molar-refractivity contribution in [3.63, 3.8) is 0 Å². The molecule has 1 heterocycles. The van der Waals surface area contributed by atoms with Crippen LogP contribution in [0.3, 0.4) is 0 Å². The molecule has 0 saturated carbocycles. The standard InChI is InChI=1S/C20H21ClN4O2S/c1-14(15-4-6-16(21)7-5-15)24(2)19(26)12-28-20-23-22-13-25(20)17-8-10-18(27-3)11-9-17/h4-11,13-14H,12H2,1-3H3/t14-/m0/s1. The summed E-state index contributed by atoms with van der Waals surface area (Å²) < 4.78 is 7.03. The lowest BCUT2D eigenvalue weighted by molar-refractivity contribution is -0.128. The van der Waals surface area contributed by atoms with Gasteiger partial charge in [0.1, 0.15) is 12.1 Å². The van der Waals surface area contributed by atoms with Crippen LogP contribution in [0.1, 0.15) is 18.5 Å². The zero-order chi connectivity index (χ0) is 20.1. The van der Waals surface area contributed by atoms with Crippen molar-refractivity contribution < 1.29 is 9.53 Å². The monoisotopic (exact) mass is 416 g/mol. The van der Waals surface area contributed by atoms with Gasteiger partial charge in [0.25, 0.3) is 0 Å². The quantitative estimate of drug-likeness (QED) is 0.539. The third-order valence-electron chi connectivity index (χ3n) is 4.52. The van der Waals surface area contributed by atoms with E-state index in [0.29, 0.717) is 10.2 Å². The molecule has 0 N–H and O–H groups in total. The van der Waals surface area contributed by atoms with Gasteiger partial charge in [0.05, 0.1) is 18.9 Å². The number of nitrogens with zero attached hydrogens (tertiary/aromatic N) is 4. The number of rotatable bonds is 7. The van der Waals surface area contributed by atoms with Crippen molar-refractivity contribution in [1.82, 2.24) is 19.7 Å². The molecule has 0 aliphatic rings. The average Bonchev–Trinajstić information content (AvgIpc) is 3.20. The number of carbonyl (C=O) groups is 1. The summed E-state index contributed by atoms with van der Waals surface area (Å²) in [5, 5.41) is 9.45. The number of hydrogen-bond acceptors (Lipinski definition) is 5. The molecule has 0 radical (unpaired) electrons. The Morgan fingerprint density at radius 2 is 1.89 bits per heavy atom. The number of carbonyl (C=O) groups excluding carboxylic acids is 1. The zero-order valence-corrected chi connectivity index (χ0v) is 17.4. The molecule has 8 heteroatoms. The number of halogens is 1. The summed E-state index contributed by atoms with van der Waals surface area (Å²) in [5.41, 5.74) is 1.94. The molecule has 0 spiro atoms. The van der Waals surface area contributed by atoms with Crippen LogP contribution in [0.2, 0.25) is 5.02 Å². The topological polar surface area (TPSA) is 60.2 Å². The van der Waals surface area contributed by atoms with E-state index in [4.69, 9.17) is 16.3 Å². The molecule has 146 valence electrons.